The Morgan fingerprint density at radius 3 is 2.89 bits per heavy atom. The summed E-state index contributed by atoms with van der Waals surface area (Å²) in [5, 5.41) is 13.8. The molecule has 1 heterocycles. The molecule has 0 aromatic heterocycles. The van der Waals surface area contributed by atoms with Gasteiger partial charge in [0.25, 0.3) is 5.91 Å². The average Bonchev–Trinajstić information content (AvgIpc) is 2.76. The van der Waals surface area contributed by atoms with E-state index in [0.29, 0.717) is 28.8 Å². The number of halogens is 2. The first kappa shape index (κ1) is 14.0. The molecule has 18 heavy (non-hydrogen) atoms. The molecule has 0 saturated carbocycles. The van der Waals surface area contributed by atoms with Crippen LogP contribution >= 0.6 is 35.0 Å². The van der Waals surface area contributed by atoms with Crippen molar-refractivity contribution in [1.29, 1.82) is 0 Å². The van der Waals surface area contributed by atoms with Crippen molar-refractivity contribution >= 4 is 40.9 Å². The molecular formula is C12H13Cl2NO2S. The summed E-state index contributed by atoms with van der Waals surface area (Å²) in [5.41, 5.74) is -0.451. The van der Waals surface area contributed by atoms with Crippen LogP contribution in [0.4, 0.5) is 0 Å². The lowest BCUT2D eigenvalue weighted by molar-refractivity contribution is -0.137. The van der Waals surface area contributed by atoms with E-state index in [1.54, 1.807) is 30.0 Å². The van der Waals surface area contributed by atoms with E-state index in [1.165, 1.54) is 0 Å². The van der Waals surface area contributed by atoms with Crippen molar-refractivity contribution in [3.63, 3.8) is 0 Å². The second-order valence-corrected chi connectivity index (χ2v) is 6.20. The number of rotatable bonds is 3. The van der Waals surface area contributed by atoms with E-state index in [9.17, 15) is 9.90 Å². The molecule has 1 atom stereocenters. The van der Waals surface area contributed by atoms with Crippen LogP contribution in [0, 0.1) is 0 Å². The molecule has 2 rings (SSSR count). The maximum absolute atomic E-state index is 11.9. The lowest BCUT2D eigenvalue weighted by Crippen LogP contribution is -2.46. The molecule has 1 saturated heterocycles. The predicted octanol–water partition coefficient (Wildman–Crippen LogP) is 2.48. The van der Waals surface area contributed by atoms with Gasteiger partial charge in [-0.1, -0.05) is 29.3 Å². The third kappa shape index (κ3) is 3.12. The molecule has 0 bridgehead atoms. The van der Waals surface area contributed by atoms with E-state index in [1.807, 2.05) is 0 Å². The molecule has 0 spiro atoms. The van der Waals surface area contributed by atoms with Gasteiger partial charge in [-0.3, -0.25) is 4.79 Å². The van der Waals surface area contributed by atoms with Crippen molar-refractivity contribution in [1.82, 2.24) is 5.32 Å². The van der Waals surface area contributed by atoms with E-state index in [-0.39, 0.29) is 5.91 Å². The predicted molar refractivity (Wildman–Crippen MR) is 75.2 cm³/mol. The highest BCUT2D eigenvalue weighted by Gasteiger charge is 2.39. The first-order valence-corrected chi connectivity index (χ1v) is 7.45. The molecule has 1 aliphatic rings. The second kappa shape index (κ2) is 5.70. The molecule has 2 N–H and O–H groups in total. The maximum atomic E-state index is 11.9. The van der Waals surface area contributed by atoms with Crippen LogP contribution in [-0.2, 0) is 11.3 Å². The van der Waals surface area contributed by atoms with Gasteiger partial charge in [0.05, 0.1) is 0 Å². The number of nitrogens with one attached hydrogen (secondary N) is 1. The van der Waals surface area contributed by atoms with Crippen molar-refractivity contribution in [3.8, 4) is 0 Å². The molecular weight excluding hydrogens is 293 g/mol. The zero-order valence-electron chi connectivity index (χ0n) is 9.58. The van der Waals surface area contributed by atoms with Crippen molar-refractivity contribution in [2.45, 2.75) is 18.6 Å². The van der Waals surface area contributed by atoms with E-state index in [0.717, 1.165) is 11.3 Å². The SMILES string of the molecule is O=C(NCc1ccc(Cl)cc1Cl)C1(O)CCSC1. The summed E-state index contributed by atoms with van der Waals surface area (Å²) >= 11 is 13.4. The van der Waals surface area contributed by atoms with Crippen LogP contribution in [0.3, 0.4) is 0 Å². The Labute approximate surface area is 120 Å². The Morgan fingerprint density at radius 1 is 1.50 bits per heavy atom. The minimum atomic E-state index is -1.23. The largest absolute Gasteiger partial charge is 0.379 e. The van der Waals surface area contributed by atoms with Crippen LogP contribution in [-0.4, -0.2) is 28.1 Å². The zero-order valence-corrected chi connectivity index (χ0v) is 11.9. The highest BCUT2D eigenvalue weighted by atomic mass is 35.5. The molecule has 6 heteroatoms. The Morgan fingerprint density at radius 2 is 2.28 bits per heavy atom. The number of thioether (sulfide) groups is 1. The molecule has 1 aromatic rings. The first-order valence-electron chi connectivity index (χ1n) is 5.54. The molecule has 1 aromatic carbocycles. The van der Waals surface area contributed by atoms with Gasteiger partial charge in [0.1, 0.15) is 0 Å². The highest BCUT2D eigenvalue weighted by Crippen LogP contribution is 2.28. The highest BCUT2D eigenvalue weighted by molar-refractivity contribution is 7.99. The van der Waals surface area contributed by atoms with Crippen LogP contribution in [0.15, 0.2) is 18.2 Å². The molecule has 1 amide bonds. The van der Waals surface area contributed by atoms with Gasteiger partial charge in [-0.05, 0) is 29.9 Å². The number of carbonyl (C=O) groups is 1. The zero-order chi connectivity index (χ0) is 13.2. The quantitative estimate of drug-likeness (QED) is 0.902. The maximum Gasteiger partial charge on any atom is 0.253 e. The summed E-state index contributed by atoms with van der Waals surface area (Å²) in [4.78, 5) is 11.9. The van der Waals surface area contributed by atoms with E-state index in [4.69, 9.17) is 23.2 Å². The lowest BCUT2D eigenvalue weighted by Gasteiger charge is -2.20. The van der Waals surface area contributed by atoms with Crippen LogP contribution < -0.4 is 5.32 Å². The minimum Gasteiger partial charge on any atom is -0.379 e. The van der Waals surface area contributed by atoms with Crippen molar-refractivity contribution in [3.05, 3.63) is 33.8 Å². The van der Waals surface area contributed by atoms with Gasteiger partial charge in [0.15, 0.2) is 5.60 Å². The second-order valence-electron chi connectivity index (χ2n) is 4.25. The van der Waals surface area contributed by atoms with Gasteiger partial charge in [0, 0.05) is 22.3 Å². The van der Waals surface area contributed by atoms with E-state index >= 15 is 0 Å². The van der Waals surface area contributed by atoms with Crippen LogP contribution in [0.5, 0.6) is 0 Å². The number of hydrogen-bond acceptors (Lipinski definition) is 3. The van der Waals surface area contributed by atoms with Gasteiger partial charge >= 0.3 is 0 Å². The number of benzene rings is 1. The van der Waals surface area contributed by atoms with E-state index < -0.39 is 5.60 Å². The number of carbonyl (C=O) groups excluding carboxylic acids is 1. The van der Waals surface area contributed by atoms with Crippen LogP contribution in [0.2, 0.25) is 10.0 Å². The number of aliphatic hydroxyl groups is 1. The summed E-state index contributed by atoms with van der Waals surface area (Å²) in [6, 6.07) is 5.11. The van der Waals surface area contributed by atoms with Gasteiger partial charge < -0.3 is 10.4 Å². The summed E-state index contributed by atoms with van der Waals surface area (Å²) < 4.78 is 0. The third-order valence-electron chi connectivity index (χ3n) is 2.88. The monoisotopic (exact) mass is 305 g/mol. The topological polar surface area (TPSA) is 49.3 Å². The minimum absolute atomic E-state index is 0.293. The fourth-order valence-corrected chi connectivity index (χ4v) is 3.45. The Balaban J connectivity index is 1.97. The molecule has 98 valence electrons. The smallest absolute Gasteiger partial charge is 0.253 e. The van der Waals surface area contributed by atoms with Crippen molar-refractivity contribution < 1.29 is 9.90 Å². The normalized spacial score (nSPS) is 23.1. The molecule has 0 aliphatic carbocycles. The number of amides is 1. The Bertz CT molecular complexity index is 461. The molecule has 3 nitrogen and oxygen atoms in total. The fourth-order valence-electron chi connectivity index (χ4n) is 1.74. The van der Waals surface area contributed by atoms with Gasteiger partial charge in [0.2, 0.25) is 0 Å². The standard InChI is InChI=1S/C12H13Cl2NO2S/c13-9-2-1-8(10(14)5-9)6-15-11(16)12(17)3-4-18-7-12/h1-2,5,17H,3-4,6-7H2,(H,15,16). The van der Waals surface area contributed by atoms with Gasteiger partial charge in [-0.25, -0.2) is 0 Å². The fraction of sp³-hybridized carbons (Fsp3) is 0.417. The summed E-state index contributed by atoms with van der Waals surface area (Å²) in [7, 11) is 0. The first-order chi connectivity index (χ1) is 8.51. The van der Waals surface area contributed by atoms with Gasteiger partial charge in [-0.2, -0.15) is 11.8 Å². The van der Waals surface area contributed by atoms with Crippen molar-refractivity contribution in [2.75, 3.05) is 11.5 Å². The lowest BCUT2D eigenvalue weighted by atomic mass is 10.0. The van der Waals surface area contributed by atoms with Crippen LogP contribution in [0.1, 0.15) is 12.0 Å². The van der Waals surface area contributed by atoms with Gasteiger partial charge in [-0.15, -0.1) is 0 Å². The summed E-state index contributed by atoms with van der Waals surface area (Å²) in [5.74, 6) is 0.928. The molecule has 0 radical (unpaired) electrons. The summed E-state index contributed by atoms with van der Waals surface area (Å²) in [6.07, 6.45) is 0.498. The van der Waals surface area contributed by atoms with Crippen molar-refractivity contribution in [2.24, 2.45) is 0 Å². The molecule has 1 aliphatic heterocycles. The number of hydrogen-bond donors (Lipinski definition) is 2. The summed E-state index contributed by atoms with van der Waals surface area (Å²) in [6.45, 7) is 0.293. The third-order valence-corrected chi connectivity index (χ3v) is 4.64. The van der Waals surface area contributed by atoms with E-state index in [2.05, 4.69) is 5.32 Å². The van der Waals surface area contributed by atoms with Crippen LogP contribution in [0.25, 0.3) is 0 Å². The Hall–Kier alpha value is -0.420. The molecule has 1 unspecified atom stereocenters. The Kier molecular flexibility index (Phi) is 4.43. The average molecular weight is 306 g/mol. The molecule has 1 fully saturated rings.